The second-order valence-corrected chi connectivity index (χ2v) is 9.57. The van der Waals surface area contributed by atoms with Crippen LogP contribution in [0.3, 0.4) is 0 Å². The van der Waals surface area contributed by atoms with Gasteiger partial charge in [0.2, 0.25) is 0 Å². The van der Waals surface area contributed by atoms with E-state index in [2.05, 4.69) is 55.2 Å². The summed E-state index contributed by atoms with van der Waals surface area (Å²) < 4.78 is 1.93. The number of benzene rings is 2. The summed E-state index contributed by atoms with van der Waals surface area (Å²) in [4.78, 5) is 12.7. The van der Waals surface area contributed by atoms with Crippen molar-refractivity contribution in [3.63, 3.8) is 0 Å². The van der Waals surface area contributed by atoms with Gasteiger partial charge in [-0.05, 0) is 42.2 Å². The van der Waals surface area contributed by atoms with Crippen LogP contribution in [0.5, 0.6) is 0 Å². The highest BCUT2D eigenvalue weighted by molar-refractivity contribution is 8.00. The van der Waals surface area contributed by atoms with Crippen LogP contribution in [-0.2, 0) is 12.5 Å². The third kappa shape index (κ3) is 4.47. The first-order valence-electron chi connectivity index (χ1n) is 9.13. The predicted octanol–water partition coefficient (Wildman–Crippen LogP) is 5.80. The van der Waals surface area contributed by atoms with Gasteiger partial charge >= 0.3 is 0 Å². The first kappa shape index (κ1) is 20.6. The highest BCUT2D eigenvalue weighted by Crippen LogP contribution is 2.29. The molecule has 3 rings (SSSR count). The molecule has 1 heterocycles. The molecule has 0 amide bonds. The molecule has 146 valence electrons. The van der Waals surface area contributed by atoms with Gasteiger partial charge in [-0.25, -0.2) is 0 Å². The lowest BCUT2D eigenvalue weighted by Gasteiger charge is -2.19. The first-order chi connectivity index (χ1) is 13.2. The Bertz CT molecular complexity index is 973. The van der Waals surface area contributed by atoms with E-state index in [1.54, 1.807) is 24.3 Å². The van der Waals surface area contributed by atoms with Crippen molar-refractivity contribution < 1.29 is 4.79 Å². The molecule has 0 aliphatic carbocycles. The summed E-state index contributed by atoms with van der Waals surface area (Å²) in [7, 11) is 1.93. The molecule has 1 aromatic heterocycles. The van der Waals surface area contributed by atoms with E-state index in [-0.39, 0.29) is 16.4 Å². The monoisotopic (exact) mass is 413 g/mol. The number of nitrogens with zero attached hydrogens (tertiary/aromatic N) is 3. The lowest BCUT2D eigenvalue weighted by molar-refractivity contribution is 0.0994. The Morgan fingerprint density at radius 1 is 1.04 bits per heavy atom. The van der Waals surface area contributed by atoms with Crippen molar-refractivity contribution in [2.75, 3.05) is 0 Å². The Kier molecular flexibility index (Phi) is 5.96. The predicted molar refractivity (Wildman–Crippen MR) is 116 cm³/mol. The number of Topliss-reactive ketones (excluding diaryl/α,β-unsaturated/α-hetero) is 1. The smallest absolute Gasteiger partial charge is 0.191 e. The summed E-state index contributed by atoms with van der Waals surface area (Å²) in [5.41, 5.74) is 3.03. The highest BCUT2D eigenvalue weighted by Gasteiger charge is 2.21. The Labute approximate surface area is 175 Å². The van der Waals surface area contributed by atoms with Crippen molar-refractivity contribution in [3.05, 3.63) is 64.7 Å². The van der Waals surface area contributed by atoms with Crippen molar-refractivity contribution in [1.82, 2.24) is 14.8 Å². The van der Waals surface area contributed by atoms with Crippen molar-refractivity contribution in [1.29, 1.82) is 0 Å². The third-order valence-corrected chi connectivity index (χ3v) is 6.01. The number of halogens is 1. The van der Waals surface area contributed by atoms with E-state index in [1.807, 2.05) is 18.5 Å². The second kappa shape index (κ2) is 8.10. The van der Waals surface area contributed by atoms with Crippen LogP contribution < -0.4 is 0 Å². The summed E-state index contributed by atoms with van der Waals surface area (Å²) in [6.45, 7) is 8.46. The average molecular weight is 414 g/mol. The van der Waals surface area contributed by atoms with Gasteiger partial charge in [0.15, 0.2) is 16.8 Å². The van der Waals surface area contributed by atoms with Crippen LogP contribution in [0.4, 0.5) is 0 Å². The molecular weight excluding hydrogens is 390 g/mol. The molecule has 0 fully saturated rings. The molecule has 0 radical (unpaired) electrons. The van der Waals surface area contributed by atoms with E-state index >= 15 is 0 Å². The molecule has 0 N–H and O–H groups in total. The van der Waals surface area contributed by atoms with E-state index < -0.39 is 0 Å². The molecule has 28 heavy (non-hydrogen) atoms. The quantitative estimate of drug-likeness (QED) is 0.392. The second-order valence-electron chi connectivity index (χ2n) is 7.82. The molecule has 0 saturated carbocycles. The van der Waals surface area contributed by atoms with Gasteiger partial charge in [-0.2, -0.15) is 0 Å². The number of rotatable bonds is 5. The molecule has 0 spiro atoms. The Hall–Kier alpha value is -2.11. The molecular formula is C22H24ClN3OS. The zero-order valence-corrected chi connectivity index (χ0v) is 18.3. The maximum atomic E-state index is 12.7. The zero-order chi connectivity index (χ0) is 20.5. The van der Waals surface area contributed by atoms with Crippen LogP contribution in [-0.4, -0.2) is 25.8 Å². The van der Waals surface area contributed by atoms with Crippen molar-refractivity contribution in [2.24, 2.45) is 7.05 Å². The minimum atomic E-state index is -0.278. The number of hydrogen-bond donors (Lipinski definition) is 0. The molecule has 0 unspecified atom stereocenters. The largest absolute Gasteiger partial charge is 0.305 e. The van der Waals surface area contributed by atoms with E-state index in [9.17, 15) is 4.79 Å². The molecule has 1 atom stereocenters. The van der Waals surface area contributed by atoms with Crippen molar-refractivity contribution >= 4 is 29.1 Å². The number of aromatic nitrogens is 3. The normalized spacial score (nSPS) is 12.8. The van der Waals surface area contributed by atoms with Crippen molar-refractivity contribution in [2.45, 2.75) is 43.5 Å². The molecule has 0 aliphatic heterocycles. The summed E-state index contributed by atoms with van der Waals surface area (Å²) in [6, 6.07) is 15.4. The topological polar surface area (TPSA) is 47.8 Å². The average Bonchev–Trinajstić information content (AvgIpc) is 3.01. The van der Waals surface area contributed by atoms with Crippen molar-refractivity contribution in [3.8, 4) is 11.4 Å². The van der Waals surface area contributed by atoms with E-state index in [0.29, 0.717) is 15.7 Å². The summed E-state index contributed by atoms with van der Waals surface area (Å²) >= 11 is 7.31. The molecule has 4 nitrogen and oxygen atoms in total. The zero-order valence-electron chi connectivity index (χ0n) is 16.7. The Morgan fingerprint density at radius 3 is 2.21 bits per heavy atom. The number of ketones is 1. The highest BCUT2D eigenvalue weighted by atomic mass is 35.5. The van der Waals surface area contributed by atoms with Crippen LogP contribution >= 0.6 is 23.4 Å². The Morgan fingerprint density at radius 2 is 1.64 bits per heavy atom. The van der Waals surface area contributed by atoms with Gasteiger partial charge < -0.3 is 4.57 Å². The van der Waals surface area contributed by atoms with Gasteiger partial charge in [-0.15, -0.1) is 10.2 Å². The van der Waals surface area contributed by atoms with Gasteiger partial charge in [-0.3, -0.25) is 4.79 Å². The lowest BCUT2D eigenvalue weighted by Crippen LogP contribution is -2.14. The molecule has 0 aliphatic rings. The maximum absolute atomic E-state index is 12.7. The van der Waals surface area contributed by atoms with Crippen LogP contribution in [0.25, 0.3) is 11.4 Å². The van der Waals surface area contributed by atoms with Crippen LogP contribution in [0.2, 0.25) is 5.02 Å². The number of carbonyl (C=O) groups is 1. The van der Waals surface area contributed by atoms with E-state index in [0.717, 1.165) is 11.4 Å². The fourth-order valence-corrected chi connectivity index (χ4v) is 3.87. The van der Waals surface area contributed by atoms with Crippen LogP contribution in [0.15, 0.2) is 53.7 Å². The molecule has 3 aromatic rings. The minimum Gasteiger partial charge on any atom is -0.305 e. The fourth-order valence-electron chi connectivity index (χ4n) is 2.85. The fraction of sp³-hybridized carbons (Fsp3) is 0.318. The summed E-state index contributed by atoms with van der Waals surface area (Å²) in [5.74, 6) is 0.829. The summed E-state index contributed by atoms with van der Waals surface area (Å²) in [6.07, 6.45) is 0. The SMILES string of the molecule is C[C@H](Sc1nnc(-c2ccc(C(C)(C)C)cc2)n1C)C(=O)c1ccc(Cl)cc1. The van der Waals surface area contributed by atoms with Crippen LogP contribution in [0.1, 0.15) is 43.6 Å². The molecule has 6 heteroatoms. The number of thioether (sulfide) groups is 1. The van der Waals surface area contributed by atoms with Gasteiger partial charge in [0.05, 0.1) is 5.25 Å². The molecule has 2 aromatic carbocycles. The van der Waals surface area contributed by atoms with E-state index in [4.69, 9.17) is 11.6 Å². The van der Waals surface area contributed by atoms with Gasteiger partial charge in [-0.1, -0.05) is 68.4 Å². The Balaban J connectivity index is 1.77. The standard InChI is InChI=1S/C22H24ClN3OS/c1-14(19(27)15-8-12-18(23)13-9-15)28-21-25-24-20(26(21)5)16-6-10-17(11-7-16)22(2,3)4/h6-14H,1-5H3/t14-/m0/s1. The number of carbonyl (C=O) groups excluding carboxylic acids is 1. The third-order valence-electron chi connectivity index (χ3n) is 4.62. The first-order valence-corrected chi connectivity index (χ1v) is 10.4. The lowest BCUT2D eigenvalue weighted by atomic mass is 9.87. The van der Waals surface area contributed by atoms with Gasteiger partial charge in [0.1, 0.15) is 0 Å². The molecule has 0 saturated heterocycles. The van der Waals surface area contributed by atoms with Crippen LogP contribution in [0, 0.1) is 0 Å². The van der Waals surface area contributed by atoms with E-state index in [1.165, 1.54) is 17.3 Å². The number of hydrogen-bond acceptors (Lipinski definition) is 4. The maximum Gasteiger partial charge on any atom is 0.191 e. The summed E-state index contributed by atoms with van der Waals surface area (Å²) in [5, 5.41) is 9.69. The van der Waals surface area contributed by atoms with Gasteiger partial charge in [0.25, 0.3) is 0 Å². The van der Waals surface area contributed by atoms with Gasteiger partial charge in [0, 0.05) is 23.2 Å². The minimum absolute atomic E-state index is 0.0424. The molecule has 0 bridgehead atoms.